The fourth-order valence-corrected chi connectivity index (χ4v) is 4.74. The Balaban J connectivity index is 1.77. The fourth-order valence-electron chi connectivity index (χ4n) is 4.74. The molecule has 0 spiro atoms. The van der Waals surface area contributed by atoms with Crippen LogP contribution >= 0.6 is 0 Å². The molecule has 0 unspecified atom stereocenters. The van der Waals surface area contributed by atoms with Crippen molar-refractivity contribution in [3.63, 3.8) is 0 Å². The predicted molar refractivity (Wildman–Crippen MR) is 135 cm³/mol. The summed E-state index contributed by atoms with van der Waals surface area (Å²) >= 11 is 0. The van der Waals surface area contributed by atoms with Crippen LogP contribution in [0.3, 0.4) is 0 Å². The summed E-state index contributed by atoms with van der Waals surface area (Å²) in [4.78, 5) is 50.3. The second kappa shape index (κ2) is 8.72. The van der Waals surface area contributed by atoms with Crippen LogP contribution in [0.25, 0.3) is 21.8 Å². The first-order valence-corrected chi connectivity index (χ1v) is 11.9. The first kappa shape index (κ1) is 24.0. The molecule has 1 aromatic carbocycles. The van der Waals surface area contributed by atoms with Crippen molar-refractivity contribution in [2.75, 3.05) is 13.2 Å². The van der Waals surface area contributed by atoms with Gasteiger partial charge < -0.3 is 9.67 Å². The van der Waals surface area contributed by atoms with Gasteiger partial charge in [-0.15, -0.1) is 0 Å². The maximum Gasteiger partial charge on any atom is 0.331 e. The van der Waals surface area contributed by atoms with Crippen LogP contribution < -0.4 is 11.2 Å². The van der Waals surface area contributed by atoms with E-state index in [1.54, 1.807) is 23.9 Å². The summed E-state index contributed by atoms with van der Waals surface area (Å²) in [5.74, 6) is -0.423. The maximum atomic E-state index is 13.8. The number of pyridine rings is 1. The molecule has 188 valence electrons. The minimum Gasteiger partial charge on any atom is -0.386 e. The number of nitrogens with zero attached hydrogens (tertiary/aromatic N) is 5. The van der Waals surface area contributed by atoms with Crippen molar-refractivity contribution in [1.82, 2.24) is 23.7 Å². The molecule has 1 saturated heterocycles. The highest BCUT2D eigenvalue weighted by Gasteiger charge is 2.38. The highest BCUT2D eigenvalue weighted by Crippen LogP contribution is 2.26. The van der Waals surface area contributed by atoms with E-state index in [2.05, 4.69) is 4.98 Å². The number of aliphatic hydroxyl groups is 1. The Morgan fingerprint density at radius 2 is 1.97 bits per heavy atom. The average molecular weight is 492 g/mol. The quantitative estimate of drug-likeness (QED) is 0.456. The van der Waals surface area contributed by atoms with Gasteiger partial charge in [0.25, 0.3) is 11.5 Å². The molecule has 4 aromatic rings. The van der Waals surface area contributed by atoms with E-state index in [-0.39, 0.29) is 36.7 Å². The summed E-state index contributed by atoms with van der Waals surface area (Å²) in [7, 11) is 1.41. The van der Waals surface area contributed by atoms with Crippen LogP contribution in [0.2, 0.25) is 0 Å². The van der Waals surface area contributed by atoms with Gasteiger partial charge in [-0.05, 0) is 24.5 Å². The van der Waals surface area contributed by atoms with Gasteiger partial charge in [-0.25, -0.2) is 9.86 Å². The zero-order valence-electron chi connectivity index (χ0n) is 20.8. The topological polar surface area (TPSA) is 112 Å². The van der Waals surface area contributed by atoms with E-state index < -0.39 is 22.8 Å². The number of hydroxylamine groups is 2. The number of benzene rings is 1. The summed E-state index contributed by atoms with van der Waals surface area (Å²) in [6, 6.07) is 9.61. The SMILES string of the molecule is CC(C)Cn1c(=O)n(C)c(=O)c2c(C(=O)N3C[C@](C)(O)CO3)n(Cc3cccc4cccnc34)cc21. The third-order valence-electron chi connectivity index (χ3n) is 6.43. The van der Waals surface area contributed by atoms with Gasteiger partial charge in [0.2, 0.25) is 0 Å². The Hall–Kier alpha value is -3.76. The summed E-state index contributed by atoms with van der Waals surface area (Å²) in [5, 5.41) is 12.6. The number of aromatic nitrogens is 4. The van der Waals surface area contributed by atoms with E-state index in [4.69, 9.17) is 4.84 Å². The number of carbonyl (C=O) groups excluding carboxylic acids is 1. The van der Waals surface area contributed by atoms with Crippen LogP contribution in [0.5, 0.6) is 0 Å². The first-order valence-electron chi connectivity index (χ1n) is 11.9. The Kier molecular flexibility index (Phi) is 5.80. The van der Waals surface area contributed by atoms with Gasteiger partial charge in [0.1, 0.15) is 17.9 Å². The van der Waals surface area contributed by atoms with Gasteiger partial charge in [0.05, 0.1) is 29.5 Å². The number of β-amino-alcohol motifs (C(OH)–C–C–N with tert-alkyl or cyclic N) is 1. The molecule has 0 saturated carbocycles. The van der Waals surface area contributed by atoms with Crippen LogP contribution in [0.15, 0.2) is 52.3 Å². The Morgan fingerprint density at radius 3 is 2.67 bits per heavy atom. The van der Waals surface area contributed by atoms with E-state index in [0.717, 1.165) is 26.1 Å². The molecule has 10 heteroatoms. The number of carbonyl (C=O) groups is 1. The number of amides is 1. The van der Waals surface area contributed by atoms with Crippen LogP contribution in [0.4, 0.5) is 0 Å². The summed E-state index contributed by atoms with van der Waals surface area (Å²) in [6.45, 7) is 6.08. The van der Waals surface area contributed by atoms with Crippen molar-refractivity contribution in [3.8, 4) is 0 Å². The third kappa shape index (κ3) is 4.02. The summed E-state index contributed by atoms with van der Waals surface area (Å²) in [5.41, 5.74) is -0.0697. The van der Waals surface area contributed by atoms with Crippen molar-refractivity contribution < 1.29 is 14.7 Å². The average Bonchev–Trinajstić information content (AvgIpc) is 3.40. The van der Waals surface area contributed by atoms with E-state index in [1.807, 2.05) is 44.2 Å². The van der Waals surface area contributed by atoms with Crippen LogP contribution in [-0.2, 0) is 25.0 Å². The summed E-state index contributed by atoms with van der Waals surface area (Å²) < 4.78 is 4.26. The molecular weight excluding hydrogens is 462 g/mol. The van der Waals surface area contributed by atoms with Crippen molar-refractivity contribution in [2.45, 2.75) is 39.5 Å². The lowest BCUT2D eigenvalue weighted by Crippen LogP contribution is -2.40. The molecule has 0 aliphatic carbocycles. The standard InChI is InChI=1S/C26H29N5O5/c1-16(2)11-30-19-13-29(12-18-8-5-7-17-9-6-10-27-21(17)18)22(20(19)23(32)28(4)25(30)34)24(33)31-14-26(3,35)15-36-31/h5-10,13,16,35H,11-12,14-15H2,1-4H3/t26-/m0/s1. The molecule has 1 aliphatic rings. The van der Waals surface area contributed by atoms with Crippen LogP contribution in [0, 0.1) is 5.92 Å². The molecule has 4 heterocycles. The third-order valence-corrected chi connectivity index (χ3v) is 6.43. The number of para-hydroxylation sites is 1. The Labute approximate surface area is 206 Å². The molecule has 36 heavy (non-hydrogen) atoms. The highest BCUT2D eigenvalue weighted by molar-refractivity contribution is 6.05. The minimum absolute atomic E-state index is 0.0410. The number of hydrogen-bond donors (Lipinski definition) is 1. The molecule has 3 aromatic heterocycles. The van der Waals surface area contributed by atoms with Gasteiger partial charge in [-0.2, -0.15) is 0 Å². The maximum absolute atomic E-state index is 13.8. The predicted octanol–water partition coefficient (Wildman–Crippen LogP) is 1.89. The molecule has 0 radical (unpaired) electrons. The van der Waals surface area contributed by atoms with Gasteiger partial charge >= 0.3 is 5.69 Å². The lowest BCUT2D eigenvalue weighted by molar-refractivity contribution is -0.0801. The van der Waals surface area contributed by atoms with Crippen molar-refractivity contribution in [2.24, 2.45) is 13.0 Å². The second-order valence-corrected chi connectivity index (χ2v) is 10.1. The van der Waals surface area contributed by atoms with Gasteiger partial charge in [-0.3, -0.25) is 28.5 Å². The zero-order chi connectivity index (χ0) is 25.8. The Morgan fingerprint density at radius 1 is 1.22 bits per heavy atom. The molecule has 1 fully saturated rings. The first-order chi connectivity index (χ1) is 17.1. The monoisotopic (exact) mass is 491 g/mol. The second-order valence-electron chi connectivity index (χ2n) is 10.1. The molecule has 1 N–H and O–H groups in total. The van der Waals surface area contributed by atoms with Crippen molar-refractivity contribution >= 4 is 27.7 Å². The van der Waals surface area contributed by atoms with Gasteiger partial charge in [0.15, 0.2) is 0 Å². The van der Waals surface area contributed by atoms with Gasteiger partial charge in [-0.1, -0.05) is 38.1 Å². The van der Waals surface area contributed by atoms with Crippen molar-refractivity contribution in [1.29, 1.82) is 0 Å². The Bertz CT molecular complexity index is 1610. The van der Waals surface area contributed by atoms with Crippen LogP contribution in [-0.4, -0.2) is 53.5 Å². The number of rotatable bonds is 5. The smallest absolute Gasteiger partial charge is 0.331 e. The van der Waals surface area contributed by atoms with Crippen molar-refractivity contribution in [3.05, 3.63) is 74.8 Å². The minimum atomic E-state index is -1.20. The number of hydrogen-bond acceptors (Lipinski definition) is 6. The number of fused-ring (bicyclic) bond motifs is 2. The normalized spacial score (nSPS) is 18.1. The summed E-state index contributed by atoms with van der Waals surface area (Å²) in [6.07, 6.45) is 3.39. The molecular formula is C26H29N5O5. The molecule has 10 nitrogen and oxygen atoms in total. The molecule has 1 atom stereocenters. The molecule has 0 bridgehead atoms. The van der Waals surface area contributed by atoms with E-state index in [0.29, 0.717) is 12.1 Å². The molecule has 5 rings (SSSR count). The molecule has 1 aliphatic heterocycles. The van der Waals surface area contributed by atoms with E-state index in [9.17, 15) is 19.5 Å². The lowest BCUT2D eigenvalue weighted by atomic mass is 10.1. The van der Waals surface area contributed by atoms with E-state index in [1.165, 1.54) is 11.6 Å². The lowest BCUT2D eigenvalue weighted by Gasteiger charge is -2.18. The fraction of sp³-hybridized carbons (Fsp3) is 0.385. The largest absolute Gasteiger partial charge is 0.386 e. The van der Waals surface area contributed by atoms with Crippen LogP contribution in [0.1, 0.15) is 36.8 Å². The zero-order valence-corrected chi connectivity index (χ0v) is 20.8. The highest BCUT2D eigenvalue weighted by atomic mass is 16.7. The van der Waals surface area contributed by atoms with Gasteiger partial charge in [0, 0.05) is 31.4 Å². The molecule has 1 amide bonds. The van der Waals surface area contributed by atoms with E-state index >= 15 is 0 Å².